The molecule has 1 aliphatic rings. The van der Waals surface area contributed by atoms with Crippen molar-refractivity contribution in [3.05, 3.63) is 47.7 Å². The lowest BCUT2D eigenvalue weighted by Crippen LogP contribution is -2.37. The molecule has 1 saturated heterocycles. The standard InChI is InChI=1S/C21H14F6N4O6/c22-12-4-9-3-10(6-28-13(9)5-14(12)35-19(23)24)16(32)30-11-1-2-31(8-11)20-29-7-15(36-20)17(33)37-18(34)21(25,26)27/h3-7,11,19H,1-2,8H2,(H,30,32). The number of halogens is 6. The number of amides is 1. The molecule has 1 unspecified atom stereocenters. The van der Waals surface area contributed by atoms with Gasteiger partial charge in [0.15, 0.2) is 11.6 Å². The number of oxazole rings is 1. The molecule has 10 nitrogen and oxygen atoms in total. The Hall–Kier alpha value is -4.37. The fourth-order valence-corrected chi connectivity index (χ4v) is 3.46. The van der Waals surface area contributed by atoms with Gasteiger partial charge in [0, 0.05) is 36.8 Å². The average Bonchev–Trinajstić information content (AvgIpc) is 3.48. The number of fused-ring (bicyclic) bond motifs is 1. The molecule has 0 saturated carbocycles. The molecule has 0 aliphatic carbocycles. The molecule has 3 aromatic rings. The minimum atomic E-state index is -5.36. The van der Waals surface area contributed by atoms with Gasteiger partial charge in [-0.2, -0.15) is 22.0 Å². The van der Waals surface area contributed by atoms with E-state index in [1.807, 2.05) is 0 Å². The number of hydrogen-bond donors (Lipinski definition) is 1. The van der Waals surface area contributed by atoms with Crippen LogP contribution in [0.3, 0.4) is 0 Å². The smallest absolute Gasteiger partial charge is 0.432 e. The van der Waals surface area contributed by atoms with Crippen LogP contribution in [0.5, 0.6) is 5.75 Å². The zero-order valence-corrected chi connectivity index (χ0v) is 18.2. The fourth-order valence-electron chi connectivity index (χ4n) is 3.46. The van der Waals surface area contributed by atoms with Crippen LogP contribution in [0.15, 0.2) is 35.0 Å². The second kappa shape index (κ2) is 9.94. The first-order chi connectivity index (χ1) is 17.4. The maximum absolute atomic E-state index is 14.0. The maximum Gasteiger partial charge on any atom is 0.491 e. The van der Waals surface area contributed by atoms with Gasteiger partial charge in [0.2, 0.25) is 5.76 Å². The third kappa shape index (κ3) is 5.90. The Morgan fingerprint density at radius 2 is 1.89 bits per heavy atom. The van der Waals surface area contributed by atoms with E-state index in [9.17, 15) is 40.7 Å². The highest BCUT2D eigenvalue weighted by Crippen LogP contribution is 2.26. The van der Waals surface area contributed by atoms with Crippen LogP contribution in [0.2, 0.25) is 0 Å². The Bertz CT molecular complexity index is 1360. The van der Waals surface area contributed by atoms with Crippen LogP contribution in [0.4, 0.5) is 32.4 Å². The number of anilines is 1. The molecule has 0 spiro atoms. The van der Waals surface area contributed by atoms with Crippen molar-refractivity contribution in [2.45, 2.75) is 25.3 Å². The van der Waals surface area contributed by atoms with Gasteiger partial charge in [-0.25, -0.2) is 19.0 Å². The van der Waals surface area contributed by atoms with E-state index in [2.05, 4.69) is 24.8 Å². The van der Waals surface area contributed by atoms with Crippen LogP contribution in [-0.2, 0) is 9.53 Å². The van der Waals surface area contributed by atoms with Crippen LogP contribution in [0.25, 0.3) is 10.9 Å². The Morgan fingerprint density at radius 1 is 1.14 bits per heavy atom. The van der Waals surface area contributed by atoms with E-state index in [1.165, 1.54) is 17.2 Å². The summed E-state index contributed by atoms with van der Waals surface area (Å²) in [6, 6.07) is 2.60. The van der Waals surface area contributed by atoms with E-state index in [-0.39, 0.29) is 35.6 Å². The van der Waals surface area contributed by atoms with Gasteiger partial charge in [-0.05, 0) is 18.6 Å². The second-order valence-corrected chi connectivity index (χ2v) is 7.66. The number of rotatable bonds is 6. The van der Waals surface area contributed by atoms with E-state index in [0.717, 1.165) is 18.3 Å². The quantitative estimate of drug-likeness (QED) is 0.290. The number of hydrogen-bond acceptors (Lipinski definition) is 9. The number of aromatic nitrogens is 2. The molecule has 1 N–H and O–H groups in total. The monoisotopic (exact) mass is 532 g/mol. The predicted octanol–water partition coefficient (Wildman–Crippen LogP) is 3.22. The molecular formula is C21H14F6N4O6. The van der Waals surface area contributed by atoms with E-state index >= 15 is 0 Å². The zero-order chi connectivity index (χ0) is 26.9. The number of pyridine rings is 1. The molecule has 37 heavy (non-hydrogen) atoms. The predicted molar refractivity (Wildman–Crippen MR) is 109 cm³/mol. The topological polar surface area (TPSA) is 124 Å². The number of esters is 2. The lowest BCUT2D eigenvalue weighted by molar-refractivity contribution is -0.193. The summed E-state index contributed by atoms with van der Waals surface area (Å²) in [6.07, 6.45) is -3.00. The van der Waals surface area contributed by atoms with E-state index in [4.69, 9.17) is 4.42 Å². The highest BCUT2D eigenvalue weighted by atomic mass is 19.4. The number of ether oxygens (including phenoxy) is 2. The Kier molecular flexibility index (Phi) is 6.91. The average molecular weight is 532 g/mol. The molecule has 0 radical (unpaired) electrons. The molecule has 1 fully saturated rings. The van der Waals surface area contributed by atoms with Crippen molar-refractivity contribution in [1.82, 2.24) is 15.3 Å². The van der Waals surface area contributed by atoms with Crippen LogP contribution >= 0.6 is 0 Å². The number of carbonyl (C=O) groups excluding carboxylic acids is 3. The molecule has 1 amide bonds. The highest BCUT2D eigenvalue weighted by Gasteiger charge is 2.43. The van der Waals surface area contributed by atoms with Gasteiger partial charge in [-0.3, -0.25) is 9.78 Å². The summed E-state index contributed by atoms with van der Waals surface area (Å²) in [5, 5.41) is 2.88. The number of carbonyl (C=O) groups is 3. The highest BCUT2D eigenvalue weighted by molar-refractivity contribution is 5.98. The van der Waals surface area contributed by atoms with Gasteiger partial charge in [-0.15, -0.1) is 0 Å². The van der Waals surface area contributed by atoms with Gasteiger partial charge >= 0.3 is 24.7 Å². The third-order valence-electron chi connectivity index (χ3n) is 5.12. The summed E-state index contributed by atoms with van der Waals surface area (Å²) >= 11 is 0. The molecule has 3 heterocycles. The van der Waals surface area contributed by atoms with Gasteiger partial charge < -0.3 is 24.1 Å². The Morgan fingerprint density at radius 3 is 2.59 bits per heavy atom. The zero-order valence-electron chi connectivity index (χ0n) is 18.2. The van der Waals surface area contributed by atoms with Crippen molar-refractivity contribution in [3.8, 4) is 5.75 Å². The van der Waals surface area contributed by atoms with Crippen LogP contribution in [0.1, 0.15) is 27.3 Å². The summed E-state index contributed by atoms with van der Waals surface area (Å²) in [5.74, 6) is -7.41. The summed E-state index contributed by atoms with van der Waals surface area (Å²) in [5.41, 5.74) is 0.180. The largest absolute Gasteiger partial charge is 0.491 e. The van der Waals surface area contributed by atoms with Gasteiger partial charge in [0.05, 0.1) is 17.3 Å². The molecule has 4 rings (SSSR count). The summed E-state index contributed by atoms with van der Waals surface area (Å²) in [6.45, 7) is -2.79. The number of benzene rings is 1. The van der Waals surface area contributed by atoms with Crippen molar-refractivity contribution in [2.75, 3.05) is 18.0 Å². The summed E-state index contributed by atoms with van der Waals surface area (Å²) in [7, 11) is 0. The minimum absolute atomic E-state index is 0.0587. The molecule has 2 aromatic heterocycles. The Labute approximate surface area is 202 Å². The van der Waals surface area contributed by atoms with Gasteiger partial charge in [0.25, 0.3) is 11.9 Å². The molecule has 1 aliphatic heterocycles. The molecule has 16 heteroatoms. The van der Waals surface area contributed by atoms with Crippen molar-refractivity contribution in [1.29, 1.82) is 0 Å². The van der Waals surface area contributed by atoms with Crippen molar-refractivity contribution < 1.29 is 54.6 Å². The fraction of sp³-hybridized carbons (Fsp3) is 0.286. The molecule has 1 atom stereocenters. The first-order valence-electron chi connectivity index (χ1n) is 10.3. The maximum atomic E-state index is 14.0. The second-order valence-electron chi connectivity index (χ2n) is 7.66. The van der Waals surface area contributed by atoms with Crippen LogP contribution in [0, 0.1) is 5.82 Å². The normalized spacial score (nSPS) is 15.8. The number of nitrogens with zero attached hydrogens (tertiary/aromatic N) is 3. The summed E-state index contributed by atoms with van der Waals surface area (Å²) in [4.78, 5) is 44.3. The Balaban J connectivity index is 1.37. The SMILES string of the molecule is O=C(NC1CCN(c2ncc(C(=O)OC(=O)C(F)(F)F)o2)C1)c1cnc2cc(OC(F)F)c(F)cc2c1. The van der Waals surface area contributed by atoms with Crippen LogP contribution in [-0.4, -0.2) is 59.7 Å². The molecule has 0 bridgehead atoms. The lowest BCUT2D eigenvalue weighted by atomic mass is 10.1. The van der Waals surface area contributed by atoms with E-state index < -0.39 is 54.0 Å². The van der Waals surface area contributed by atoms with Crippen molar-refractivity contribution >= 4 is 34.8 Å². The first kappa shape index (κ1) is 25.7. The summed E-state index contributed by atoms with van der Waals surface area (Å²) < 4.78 is 88.3. The molecule has 1 aromatic carbocycles. The van der Waals surface area contributed by atoms with Gasteiger partial charge in [0.1, 0.15) is 0 Å². The molecular weight excluding hydrogens is 518 g/mol. The third-order valence-corrected chi connectivity index (χ3v) is 5.12. The van der Waals surface area contributed by atoms with Crippen LogP contribution < -0.4 is 15.0 Å². The number of alkyl halides is 5. The van der Waals surface area contributed by atoms with Gasteiger partial charge in [-0.1, -0.05) is 0 Å². The molecule has 196 valence electrons. The van der Waals surface area contributed by atoms with Crippen molar-refractivity contribution in [3.63, 3.8) is 0 Å². The minimum Gasteiger partial charge on any atom is -0.432 e. The number of nitrogens with one attached hydrogen (secondary N) is 1. The lowest BCUT2D eigenvalue weighted by Gasteiger charge is -2.15. The van der Waals surface area contributed by atoms with Crippen molar-refractivity contribution in [2.24, 2.45) is 0 Å². The van der Waals surface area contributed by atoms with E-state index in [0.29, 0.717) is 6.42 Å². The van der Waals surface area contributed by atoms with E-state index in [1.54, 1.807) is 0 Å². The first-order valence-corrected chi connectivity index (χ1v) is 10.3.